The van der Waals surface area contributed by atoms with Gasteiger partial charge in [0.25, 0.3) is 11.7 Å². The van der Waals surface area contributed by atoms with E-state index in [1.807, 2.05) is 0 Å². The maximum Gasteiger partial charge on any atom is 0.431 e. The van der Waals surface area contributed by atoms with Crippen molar-refractivity contribution in [2.45, 2.75) is 36.8 Å². The number of alkyl halides is 13. The fourth-order valence-corrected chi connectivity index (χ4v) is 1.82. The Hall–Kier alpha value is -1.31. The van der Waals surface area contributed by atoms with Crippen LogP contribution in [0, 0.1) is 11.8 Å². The second kappa shape index (κ2) is 6.78. The first-order chi connectivity index (χ1) is 10.6. The zero-order chi connectivity index (χ0) is 20.6. The van der Waals surface area contributed by atoms with E-state index in [0.29, 0.717) is 0 Å². The fraction of sp³-hybridized carbons (Fsp3) is 0.800. The van der Waals surface area contributed by atoms with Gasteiger partial charge in [0.1, 0.15) is 0 Å². The third-order valence-corrected chi connectivity index (χ3v) is 2.89. The zero-order valence-corrected chi connectivity index (χ0v) is 11.1. The SMILES string of the molecule is FC(F)=CC(CC(F)(C(F)(F)F)C(F)(F)F)C(C(F)(F)F)C(F)(F)F. The van der Waals surface area contributed by atoms with Crippen LogP contribution in [0.15, 0.2) is 12.2 Å². The van der Waals surface area contributed by atoms with Crippen LogP contribution < -0.4 is 0 Å². The molecule has 1 unspecified atom stereocenters. The lowest BCUT2D eigenvalue weighted by atomic mass is 9.81. The van der Waals surface area contributed by atoms with Crippen molar-refractivity contribution in [2.75, 3.05) is 0 Å². The van der Waals surface area contributed by atoms with Crippen LogP contribution in [-0.2, 0) is 0 Å². The van der Waals surface area contributed by atoms with Crippen molar-refractivity contribution in [2.24, 2.45) is 11.8 Å². The molecule has 0 radical (unpaired) electrons. The van der Waals surface area contributed by atoms with Gasteiger partial charge in [-0.3, -0.25) is 0 Å². The average Bonchev–Trinajstić information content (AvgIpc) is 2.19. The van der Waals surface area contributed by atoms with Crippen LogP contribution in [0.3, 0.4) is 0 Å². The molecule has 0 aromatic rings. The summed E-state index contributed by atoms with van der Waals surface area (Å²) in [5.74, 6) is -9.31. The molecular weight excluding hydrogens is 405 g/mol. The molecule has 0 fully saturated rings. The summed E-state index contributed by atoms with van der Waals surface area (Å²) in [4.78, 5) is 0. The topological polar surface area (TPSA) is 0 Å². The molecule has 0 spiro atoms. The number of rotatable bonds is 4. The Morgan fingerprint density at radius 3 is 1.16 bits per heavy atom. The van der Waals surface area contributed by atoms with E-state index in [9.17, 15) is 65.9 Å². The minimum atomic E-state index is -7.01. The van der Waals surface area contributed by atoms with Crippen molar-refractivity contribution in [3.63, 3.8) is 0 Å². The molecule has 0 N–H and O–H groups in total. The van der Waals surface area contributed by atoms with Crippen molar-refractivity contribution in [3.05, 3.63) is 12.2 Å². The summed E-state index contributed by atoms with van der Waals surface area (Å²) in [5, 5.41) is 0. The van der Waals surface area contributed by atoms with Gasteiger partial charge in [-0.1, -0.05) is 0 Å². The normalized spacial score (nSPS) is 16.2. The molecule has 15 heteroatoms. The molecule has 150 valence electrons. The summed E-state index contributed by atoms with van der Waals surface area (Å²) in [6.07, 6.45) is -35.6. The summed E-state index contributed by atoms with van der Waals surface area (Å²) in [6, 6.07) is 0. The molecule has 0 heterocycles. The molecule has 0 aromatic heterocycles. The molecular formula is C10H5F15. The first kappa shape index (κ1) is 23.7. The average molecular weight is 410 g/mol. The molecule has 0 aliphatic rings. The van der Waals surface area contributed by atoms with Crippen molar-refractivity contribution in [1.29, 1.82) is 0 Å². The maximum atomic E-state index is 13.4. The van der Waals surface area contributed by atoms with Gasteiger partial charge in [-0.25, -0.2) is 4.39 Å². The van der Waals surface area contributed by atoms with Gasteiger partial charge in [0, 0.05) is 12.3 Å². The Morgan fingerprint density at radius 2 is 0.960 bits per heavy atom. The highest BCUT2D eigenvalue weighted by molar-refractivity contribution is 5.04. The lowest BCUT2D eigenvalue weighted by molar-refractivity contribution is -0.354. The molecule has 0 aliphatic heterocycles. The maximum absolute atomic E-state index is 13.4. The minimum Gasteiger partial charge on any atom is -0.224 e. The zero-order valence-electron chi connectivity index (χ0n) is 11.1. The molecule has 25 heavy (non-hydrogen) atoms. The Balaban J connectivity index is 6.37. The van der Waals surface area contributed by atoms with Crippen molar-refractivity contribution < 1.29 is 65.9 Å². The molecule has 0 saturated carbocycles. The molecule has 0 saturated heterocycles. The summed E-state index contributed by atoms with van der Waals surface area (Å²) in [7, 11) is 0. The number of hydrogen-bond acceptors (Lipinski definition) is 0. The largest absolute Gasteiger partial charge is 0.431 e. The van der Waals surface area contributed by atoms with Crippen LogP contribution in [0.4, 0.5) is 65.9 Å². The smallest absolute Gasteiger partial charge is 0.224 e. The first-order valence-electron chi connectivity index (χ1n) is 5.63. The minimum absolute atomic E-state index is 1.43. The molecule has 0 amide bonds. The number of hydrogen-bond donors (Lipinski definition) is 0. The van der Waals surface area contributed by atoms with Gasteiger partial charge >= 0.3 is 24.7 Å². The van der Waals surface area contributed by atoms with Crippen molar-refractivity contribution in [3.8, 4) is 0 Å². The van der Waals surface area contributed by atoms with E-state index in [1.165, 1.54) is 0 Å². The van der Waals surface area contributed by atoms with Crippen LogP contribution >= 0.6 is 0 Å². The number of allylic oxidation sites excluding steroid dienone is 1. The Morgan fingerprint density at radius 1 is 0.640 bits per heavy atom. The quantitative estimate of drug-likeness (QED) is 0.474. The predicted molar refractivity (Wildman–Crippen MR) is 50.0 cm³/mol. The molecule has 1 atom stereocenters. The Bertz CT molecular complexity index is 441. The predicted octanol–water partition coefficient (Wildman–Crippen LogP) is 6.35. The van der Waals surface area contributed by atoms with Gasteiger partial charge in [-0.15, -0.1) is 0 Å². The number of halogens is 15. The first-order valence-corrected chi connectivity index (χ1v) is 5.63. The van der Waals surface area contributed by atoms with Gasteiger partial charge in [0.15, 0.2) is 5.92 Å². The molecule has 0 aromatic carbocycles. The van der Waals surface area contributed by atoms with Crippen LogP contribution in [-0.4, -0.2) is 30.4 Å². The highest BCUT2D eigenvalue weighted by Gasteiger charge is 2.74. The second-order valence-electron chi connectivity index (χ2n) is 4.68. The van der Waals surface area contributed by atoms with E-state index in [0.717, 1.165) is 0 Å². The van der Waals surface area contributed by atoms with E-state index in [1.54, 1.807) is 0 Å². The van der Waals surface area contributed by atoms with E-state index >= 15 is 0 Å². The van der Waals surface area contributed by atoms with E-state index in [2.05, 4.69) is 0 Å². The van der Waals surface area contributed by atoms with Gasteiger partial charge in [0.05, 0.1) is 0 Å². The summed E-state index contributed by atoms with van der Waals surface area (Å²) >= 11 is 0. The van der Waals surface area contributed by atoms with E-state index in [-0.39, 0.29) is 0 Å². The van der Waals surface area contributed by atoms with Gasteiger partial charge in [-0.2, -0.15) is 61.5 Å². The van der Waals surface area contributed by atoms with E-state index < -0.39 is 60.8 Å². The van der Waals surface area contributed by atoms with Crippen molar-refractivity contribution in [1.82, 2.24) is 0 Å². The van der Waals surface area contributed by atoms with Crippen LogP contribution in [0.1, 0.15) is 6.42 Å². The van der Waals surface area contributed by atoms with Crippen LogP contribution in [0.2, 0.25) is 0 Å². The third-order valence-electron chi connectivity index (χ3n) is 2.89. The van der Waals surface area contributed by atoms with E-state index in [4.69, 9.17) is 0 Å². The highest BCUT2D eigenvalue weighted by atomic mass is 19.4. The third kappa shape index (κ3) is 5.59. The molecule has 0 nitrogen and oxygen atoms in total. The van der Waals surface area contributed by atoms with Crippen LogP contribution in [0.25, 0.3) is 0 Å². The summed E-state index contributed by atoms with van der Waals surface area (Å²) in [6.45, 7) is 0. The highest BCUT2D eigenvalue weighted by Crippen LogP contribution is 2.54. The monoisotopic (exact) mass is 410 g/mol. The standard InChI is InChI=1S/C10H5F15/c11-4(12)1-3(5(7(14,15)16)8(17,18)19)2-6(13,9(20,21)22)10(23,24)25/h1,3,5H,2H2. The fourth-order valence-electron chi connectivity index (χ4n) is 1.82. The molecule has 0 bridgehead atoms. The van der Waals surface area contributed by atoms with Crippen LogP contribution in [0.5, 0.6) is 0 Å². The van der Waals surface area contributed by atoms with Gasteiger partial charge in [-0.05, 0) is 6.08 Å². The summed E-state index contributed by atoms with van der Waals surface area (Å²) in [5.41, 5.74) is -6.58. The Kier molecular flexibility index (Phi) is 6.42. The van der Waals surface area contributed by atoms with Gasteiger partial charge < -0.3 is 0 Å². The van der Waals surface area contributed by atoms with Crippen molar-refractivity contribution >= 4 is 0 Å². The molecule has 0 rings (SSSR count). The lowest BCUT2D eigenvalue weighted by Crippen LogP contribution is -2.56. The molecule has 0 aliphatic carbocycles. The summed E-state index contributed by atoms with van der Waals surface area (Å²) < 4.78 is 186. The Labute approximate surface area is 128 Å². The van der Waals surface area contributed by atoms with Gasteiger partial charge in [0.2, 0.25) is 0 Å². The second-order valence-corrected chi connectivity index (χ2v) is 4.68. The lowest BCUT2D eigenvalue weighted by Gasteiger charge is -2.35.